The molecule has 0 fully saturated rings. The van der Waals surface area contributed by atoms with Crippen LogP contribution in [0.5, 0.6) is 0 Å². The van der Waals surface area contributed by atoms with E-state index in [1.54, 1.807) is 46.0 Å². The fourth-order valence-corrected chi connectivity index (χ4v) is 3.47. The van der Waals surface area contributed by atoms with Crippen LogP contribution >= 0.6 is 0 Å². The first-order valence-electron chi connectivity index (χ1n) is 10.5. The minimum Gasteiger partial charge on any atom is -0.444 e. The number of ether oxygens (including phenoxy) is 1. The maximum absolute atomic E-state index is 14.2. The van der Waals surface area contributed by atoms with Crippen molar-refractivity contribution in [1.29, 1.82) is 0 Å². The largest absolute Gasteiger partial charge is 0.444 e. The number of amides is 1. The minimum atomic E-state index is -0.600. The number of benzene rings is 1. The Kier molecular flexibility index (Phi) is 6.04. The average Bonchev–Trinajstić information content (AvgIpc) is 3.18. The Morgan fingerprint density at radius 1 is 1.15 bits per heavy atom. The fourth-order valence-electron chi connectivity index (χ4n) is 3.47. The van der Waals surface area contributed by atoms with Gasteiger partial charge in [0.25, 0.3) is 0 Å². The molecule has 0 radical (unpaired) electrons. The number of nitrogens with one attached hydrogen (secondary N) is 1. The van der Waals surface area contributed by atoms with Crippen molar-refractivity contribution in [3.05, 3.63) is 60.0 Å². The van der Waals surface area contributed by atoms with Crippen molar-refractivity contribution in [2.45, 2.75) is 39.7 Å². The zero-order valence-electron chi connectivity index (χ0n) is 18.8. The molecule has 0 bridgehead atoms. The molecule has 0 aliphatic carbocycles. The molecule has 0 aliphatic heterocycles. The number of alkyl carbamates (subject to hydrolysis) is 1. The summed E-state index contributed by atoms with van der Waals surface area (Å²) in [6.07, 6.45) is 1.52. The summed E-state index contributed by atoms with van der Waals surface area (Å²) in [5.41, 5.74) is 2.42. The van der Waals surface area contributed by atoms with E-state index in [2.05, 4.69) is 20.5 Å². The maximum atomic E-state index is 14.2. The van der Waals surface area contributed by atoms with E-state index in [1.807, 2.05) is 12.1 Å². The Morgan fingerprint density at radius 2 is 1.97 bits per heavy atom. The number of rotatable bonds is 5. The number of nitrogens with zero attached hydrogens (tertiary/aromatic N) is 4. The first-order chi connectivity index (χ1) is 15.7. The molecule has 1 aromatic carbocycles. The van der Waals surface area contributed by atoms with Gasteiger partial charge in [-0.3, -0.25) is 9.97 Å². The average molecular weight is 449 g/mol. The minimum absolute atomic E-state index is 0.243. The zero-order valence-corrected chi connectivity index (χ0v) is 18.8. The highest BCUT2D eigenvalue weighted by Crippen LogP contribution is 2.38. The van der Waals surface area contributed by atoms with Crippen LogP contribution in [0.2, 0.25) is 0 Å². The molecule has 8 nitrogen and oxygen atoms in total. The molecular weight excluding hydrogens is 425 g/mol. The van der Waals surface area contributed by atoms with Crippen molar-refractivity contribution < 1.29 is 18.3 Å². The number of carbonyl (C=O) groups excluding carboxylic acids is 1. The molecule has 0 saturated heterocycles. The molecule has 33 heavy (non-hydrogen) atoms. The maximum Gasteiger partial charge on any atom is 0.407 e. The van der Waals surface area contributed by atoms with Crippen LogP contribution in [0.15, 0.2) is 47.0 Å². The first-order valence-corrected chi connectivity index (χ1v) is 10.5. The Balaban J connectivity index is 1.84. The van der Waals surface area contributed by atoms with Crippen LogP contribution in [0, 0.1) is 12.7 Å². The summed E-state index contributed by atoms with van der Waals surface area (Å²) in [4.78, 5) is 21.4. The number of hydrogen-bond acceptors (Lipinski definition) is 7. The van der Waals surface area contributed by atoms with Gasteiger partial charge in [-0.05, 0) is 51.1 Å². The monoisotopic (exact) mass is 449 g/mol. The molecule has 0 atom stereocenters. The van der Waals surface area contributed by atoms with E-state index in [4.69, 9.17) is 14.1 Å². The standard InChI is InChI=1S/C24H24FN5O3/c1-14-29-30-22(32-14)20-16-13-15(25)8-9-17(16)28-19(21(20)18-7-5-6-11-26-18)10-12-27-23(31)33-24(2,3)4/h5-9,11,13H,10,12H2,1-4H3,(H,27,31). The number of aromatic nitrogens is 4. The third kappa shape index (κ3) is 5.14. The Morgan fingerprint density at radius 3 is 2.64 bits per heavy atom. The van der Waals surface area contributed by atoms with Gasteiger partial charge in [0.2, 0.25) is 11.8 Å². The molecule has 4 rings (SSSR count). The summed E-state index contributed by atoms with van der Waals surface area (Å²) in [7, 11) is 0. The van der Waals surface area contributed by atoms with Gasteiger partial charge in [0.05, 0.1) is 22.5 Å². The second kappa shape index (κ2) is 8.93. The molecule has 0 aliphatic rings. The number of pyridine rings is 2. The molecule has 170 valence electrons. The summed E-state index contributed by atoms with van der Waals surface area (Å²) in [5, 5.41) is 11.4. The van der Waals surface area contributed by atoms with Crippen molar-refractivity contribution in [1.82, 2.24) is 25.5 Å². The third-order valence-corrected chi connectivity index (χ3v) is 4.71. The van der Waals surface area contributed by atoms with E-state index < -0.39 is 17.5 Å². The smallest absolute Gasteiger partial charge is 0.407 e. The Hall–Kier alpha value is -3.88. The summed E-state index contributed by atoms with van der Waals surface area (Å²) in [6, 6.07) is 9.83. The molecule has 9 heteroatoms. The van der Waals surface area contributed by atoms with E-state index in [9.17, 15) is 9.18 Å². The van der Waals surface area contributed by atoms with Crippen LogP contribution in [0.3, 0.4) is 0 Å². The lowest BCUT2D eigenvalue weighted by atomic mass is 9.95. The topological polar surface area (TPSA) is 103 Å². The van der Waals surface area contributed by atoms with Crippen molar-refractivity contribution in [2.75, 3.05) is 6.54 Å². The number of carbonyl (C=O) groups is 1. The van der Waals surface area contributed by atoms with Gasteiger partial charge in [0.15, 0.2) is 0 Å². The second-order valence-corrected chi connectivity index (χ2v) is 8.49. The Bertz CT molecular complexity index is 1300. The number of aryl methyl sites for hydroxylation is 1. The van der Waals surface area contributed by atoms with Gasteiger partial charge in [0, 0.05) is 37.0 Å². The predicted octanol–water partition coefficient (Wildman–Crippen LogP) is 4.86. The predicted molar refractivity (Wildman–Crippen MR) is 121 cm³/mol. The van der Waals surface area contributed by atoms with Crippen molar-refractivity contribution in [3.63, 3.8) is 0 Å². The highest BCUT2D eigenvalue weighted by atomic mass is 19.1. The van der Waals surface area contributed by atoms with Gasteiger partial charge in [-0.25, -0.2) is 9.18 Å². The summed E-state index contributed by atoms with van der Waals surface area (Å²) in [5.74, 6) is 0.215. The number of halogens is 1. The van der Waals surface area contributed by atoms with Crippen LogP contribution in [-0.2, 0) is 11.2 Å². The molecule has 1 amide bonds. The second-order valence-electron chi connectivity index (χ2n) is 8.49. The van der Waals surface area contributed by atoms with E-state index in [1.165, 1.54) is 12.1 Å². The quantitative estimate of drug-likeness (QED) is 0.464. The van der Waals surface area contributed by atoms with Crippen LogP contribution in [-0.4, -0.2) is 38.4 Å². The van der Waals surface area contributed by atoms with E-state index >= 15 is 0 Å². The number of hydrogen-bond donors (Lipinski definition) is 1. The van der Waals surface area contributed by atoms with Gasteiger partial charge < -0.3 is 14.5 Å². The molecule has 3 heterocycles. The van der Waals surface area contributed by atoms with Crippen LogP contribution < -0.4 is 5.32 Å². The molecule has 0 saturated carbocycles. The summed E-state index contributed by atoms with van der Waals surface area (Å²) < 4.78 is 25.3. The lowest BCUT2D eigenvalue weighted by Gasteiger charge is -2.20. The lowest BCUT2D eigenvalue weighted by Crippen LogP contribution is -2.33. The van der Waals surface area contributed by atoms with E-state index in [-0.39, 0.29) is 12.4 Å². The van der Waals surface area contributed by atoms with Crippen LogP contribution in [0.25, 0.3) is 33.6 Å². The van der Waals surface area contributed by atoms with Crippen molar-refractivity contribution >= 4 is 17.0 Å². The molecule has 1 N–H and O–H groups in total. The molecule has 0 spiro atoms. The summed E-state index contributed by atoms with van der Waals surface area (Å²) >= 11 is 0. The SMILES string of the molecule is Cc1nnc(-c2c(-c3ccccn3)c(CCNC(=O)OC(C)(C)C)nc3ccc(F)cc23)o1. The molecule has 0 unspecified atom stereocenters. The summed E-state index contributed by atoms with van der Waals surface area (Å²) in [6.45, 7) is 7.36. The third-order valence-electron chi connectivity index (χ3n) is 4.71. The van der Waals surface area contributed by atoms with Crippen molar-refractivity contribution in [2.24, 2.45) is 0 Å². The van der Waals surface area contributed by atoms with Crippen LogP contribution in [0.1, 0.15) is 32.4 Å². The van der Waals surface area contributed by atoms with E-state index in [0.29, 0.717) is 45.7 Å². The lowest BCUT2D eigenvalue weighted by molar-refractivity contribution is 0.0528. The van der Waals surface area contributed by atoms with Crippen molar-refractivity contribution in [3.8, 4) is 22.7 Å². The van der Waals surface area contributed by atoms with E-state index in [0.717, 1.165) is 0 Å². The van der Waals surface area contributed by atoms with Gasteiger partial charge in [-0.2, -0.15) is 0 Å². The van der Waals surface area contributed by atoms with Gasteiger partial charge >= 0.3 is 6.09 Å². The molecular formula is C24H24FN5O3. The Labute approximate surface area is 190 Å². The van der Waals surface area contributed by atoms with Gasteiger partial charge in [0.1, 0.15) is 11.4 Å². The first kappa shape index (κ1) is 22.3. The van der Waals surface area contributed by atoms with Crippen LogP contribution in [0.4, 0.5) is 9.18 Å². The highest BCUT2D eigenvalue weighted by Gasteiger charge is 2.23. The zero-order chi connectivity index (χ0) is 23.6. The molecule has 4 aromatic rings. The number of fused-ring (bicyclic) bond motifs is 1. The fraction of sp³-hybridized carbons (Fsp3) is 0.292. The van der Waals surface area contributed by atoms with Gasteiger partial charge in [-0.1, -0.05) is 6.07 Å². The molecule has 3 aromatic heterocycles. The van der Waals surface area contributed by atoms with Gasteiger partial charge in [-0.15, -0.1) is 10.2 Å². The normalized spacial score (nSPS) is 11.5. The highest BCUT2D eigenvalue weighted by molar-refractivity contribution is 6.00.